The molecule has 4 nitrogen and oxygen atoms in total. The Kier molecular flexibility index (Phi) is 5.64. The second kappa shape index (κ2) is 6.87. The molecule has 0 saturated carbocycles. The molecule has 1 heterocycles. The van der Waals surface area contributed by atoms with Crippen molar-refractivity contribution in [1.82, 2.24) is 4.31 Å². The first-order valence-corrected chi connectivity index (χ1v) is 9.43. The van der Waals surface area contributed by atoms with Gasteiger partial charge in [-0.3, -0.25) is 0 Å². The van der Waals surface area contributed by atoms with E-state index in [0.717, 1.165) is 23.9 Å². The first-order valence-electron chi connectivity index (χ1n) is 6.40. The minimum absolute atomic E-state index is 0.276. The lowest BCUT2D eigenvalue weighted by Crippen LogP contribution is -2.35. The lowest BCUT2D eigenvalue weighted by atomic mass is 10.0. The highest BCUT2D eigenvalue weighted by Crippen LogP contribution is 2.28. The number of sulfonamides is 1. The Bertz CT molecular complexity index is 571. The summed E-state index contributed by atoms with van der Waals surface area (Å²) in [7, 11) is -1.85. The fraction of sp³-hybridized carbons (Fsp3) is 0.538. The monoisotopic (exact) mass is 425 g/mol. The second-order valence-corrected chi connectivity index (χ2v) is 8.73. The molecule has 0 bridgehead atoms. The van der Waals surface area contributed by atoms with E-state index < -0.39 is 10.0 Å². The molecule has 1 aliphatic rings. The average Bonchev–Trinajstić information content (AvgIpc) is 2.39. The Hall–Kier alpha value is 0.0500. The lowest BCUT2D eigenvalue weighted by molar-refractivity contribution is 0.0495. The summed E-state index contributed by atoms with van der Waals surface area (Å²) in [4.78, 5) is 0.292. The molecule has 0 N–H and O–H groups in total. The molecule has 7 heteroatoms. The van der Waals surface area contributed by atoms with E-state index in [-0.39, 0.29) is 5.92 Å². The third kappa shape index (κ3) is 3.82. The number of ether oxygens (including phenoxy) is 1. The van der Waals surface area contributed by atoms with Crippen molar-refractivity contribution >= 4 is 41.9 Å². The normalized spacial score (nSPS) is 20.3. The van der Waals surface area contributed by atoms with Crippen molar-refractivity contribution in [2.45, 2.75) is 17.7 Å². The molecule has 0 amide bonds. The Morgan fingerprint density at radius 1 is 1.40 bits per heavy atom. The van der Waals surface area contributed by atoms with Crippen LogP contribution in [0, 0.1) is 5.92 Å². The van der Waals surface area contributed by atoms with Crippen molar-refractivity contribution < 1.29 is 13.2 Å². The molecule has 2 rings (SSSR count). The first kappa shape index (κ1) is 16.4. The smallest absolute Gasteiger partial charge is 0.243 e. The molecule has 1 aromatic rings. The first-order chi connectivity index (χ1) is 9.41. The van der Waals surface area contributed by atoms with Crippen LogP contribution in [0.1, 0.15) is 12.8 Å². The molecule has 0 aliphatic carbocycles. The van der Waals surface area contributed by atoms with Crippen LogP contribution in [0.2, 0.25) is 0 Å². The zero-order chi connectivity index (χ0) is 14.8. The highest BCUT2D eigenvalue weighted by atomic mass is 79.9. The van der Waals surface area contributed by atoms with Crippen molar-refractivity contribution in [2.24, 2.45) is 5.92 Å². The SMILES string of the molecule is CN(CC1CCCOC1)S(=O)(=O)c1ccc(Br)cc1Br. The summed E-state index contributed by atoms with van der Waals surface area (Å²) in [5.41, 5.74) is 0. The van der Waals surface area contributed by atoms with Gasteiger partial charge in [0.05, 0.1) is 11.5 Å². The van der Waals surface area contributed by atoms with Crippen molar-refractivity contribution in [3.63, 3.8) is 0 Å². The number of hydrogen-bond donors (Lipinski definition) is 0. The predicted molar refractivity (Wildman–Crippen MR) is 85.2 cm³/mol. The van der Waals surface area contributed by atoms with Gasteiger partial charge in [0.2, 0.25) is 10.0 Å². The predicted octanol–water partition coefficient (Wildman–Crippen LogP) is 3.26. The van der Waals surface area contributed by atoms with Gasteiger partial charge in [0.25, 0.3) is 0 Å². The van der Waals surface area contributed by atoms with Gasteiger partial charge in [-0.15, -0.1) is 0 Å². The van der Waals surface area contributed by atoms with E-state index in [1.165, 1.54) is 4.31 Å². The highest BCUT2D eigenvalue weighted by Gasteiger charge is 2.26. The van der Waals surface area contributed by atoms with Gasteiger partial charge < -0.3 is 4.74 Å². The van der Waals surface area contributed by atoms with Gasteiger partial charge >= 0.3 is 0 Å². The molecule has 1 atom stereocenters. The summed E-state index contributed by atoms with van der Waals surface area (Å²) in [5.74, 6) is 0.276. The zero-order valence-corrected chi connectivity index (χ0v) is 15.2. The standard InChI is InChI=1S/C13H17Br2NO3S/c1-16(8-10-3-2-6-19-9-10)20(17,18)13-5-4-11(14)7-12(13)15/h4-5,7,10H,2-3,6,8-9H2,1H3. The van der Waals surface area contributed by atoms with Gasteiger partial charge in [-0.05, 0) is 52.9 Å². The van der Waals surface area contributed by atoms with E-state index in [0.29, 0.717) is 22.5 Å². The minimum atomic E-state index is -3.48. The van der Waals surface area contributed by atoms with E-state index in [2.05, 4.69) is 31.9 Å². The Labute approximate surface area is 136 Å². The maximum absolute atomic E-state index is 12.6. The number of rotatable bonds is 4. The number of nitrogens with zero attached hydrogens (tertiary/aromatic N) is 1. The van der Waals surface area contributed by atoms with Gasteiger partial charge in [-0.2, -0.15) is 0 Å². The summed E-state index contributed by atoms with van der Waals surface area (Å²) in [5, 5.41) is 0. The summed E-state index contributed by atoms with van der Waals surface area (Å²) >= 11 is 6.64. The molecule has 1 saturated heterocycles. The maximum atomic E-state index is 12.6. The molecular weight excluding hydrogens is 410 g/mol. The van der Waals surface area contributed by atoms with Gasteiger partial charge in [0.1, 0.15) is 0 Å². The molecule has 112 valence electrons. The van der Waals surface area contributed by atoms with Crippen LogP contribution in [0.25, 0.3) is 0 Å². The molecular formula is C13H17Br2NO3S. The van der Waals surface area contributed by atoms with E-state index in [1.807, 2.05) is 0 Å². The minimum Gasteiger partial charge on any atom is -0.381 e. The molecule has 1 aromatic carbocycles. The van der Waals surface area contributed by atoms with Crippen LogP contribution < -0.4 is 0 Å². The van der Waals surface area contributed by atoms with E-state index >= 15 is 0 Å². The fourth-order valence-electron chi connectivity index (χ4n) is 2.27. The quantitative estimate of drug-likeness (QED) is 0.742. The number of halogens is 2. The molecule has 1 fully saturated rings. The fourth-order valence-corrected chi connectivity index (χ4v) is 5.21. The van der Waals surface area contributed by atoms with E-state index in [4.69, 9.17) is 4.74 Å². The van der Waals surface area contributed by atoms with Crippen LogP contribution in [0.15, 0.2) is 32.0 Å². The van der Waals surface area contributed by atoms with Crippen molar-refractivity contribution in [3.8, 4) is 0 Å². The third-order valence-electron chi connectivity index (χ3n) is 3.35. The van der Waals surface area contributed by atoms with E-state index in [1.54, 1.807) is 25.2 Å². The summed E-state index contributed by atoms with van der Waals surface area (Å²) in [6.07, 6.45) is 2.02. The topological polar surface area (TPSA) is 46.6 Å². The largest absolute Gasteiger partial charge is 0.381 e. The number of benzene rings is 1. The van der Waals surface area contributed by atoms with Gasteiger partial charge in [0, 0.05) is 29.1 Å². The highest BCUT2D eigenvalue weighted by molar-refractivity contribution is 9.11. The summed E-state index contributed by atoms with van der Waals surface area (Å²) < 4.78 is 33.4. The Morgan fingerprint density at radius 2 is 2.15 bits per heavy atom. The lowest BCUT2D eigenvalue weighted by Gasteiger charge is -2.27. The van der Waals surface area contributed by atoms with Gasteiger partial charge in [0.15, 0.2) is 0 Å². The van der Waals surface area contributed by atoms with Crippen molar-refractivity contribution in [2.75, 3.05) is 26.8 Å². The molecule has 1 aliphatic heterocycles. The molecule has 0 spiro atoms. The van der Waals surface area contributed by atoms with Crippen molar-refractivity contribution in [3.05, 3.63) is 27.1 Å². The number of hydrogen-bond acceptors (Lipinski definition) is 3. The van der Waals surface area contributed by atoms with Crippen LogP contribution in [0.4, 0.5) is 0 Å². The average molecular weight is 427 g/mol. The maximum Gasteiger partial charge on any atom is 0.243 e. The van der Waals surface area contributed by atoms with Crippen LogP contribution >= 0.6 is 31.9 Å². The van der Waals surface area contributed by atoms with Crippen LogP contribution in [0.5, 0.6) is 0 Å². The summed E-state index contributed by atoms with van der Waals surface area (Å²) in [6, 6.07) is 5.08. The van der Waals surface area contributed by atoms with E-state index in [9.17, 15) is 8.42 Å². The zero-order valence-electron chi connectivity index (χ0n) is 11.2. The summed E-state index contributed by atoms with van der Waals surface area (Å²) in [6.45, 7) is 1.91. The molecule has 0 radical (unpaired) electrons. The van der Waals surface area contributed by atoms with Crippen LogP contribution in [-0.2, 0) is 14.8 Å². The Balaban J connectivity index is 2.16. The van der Waals surface area contributed by atoms with Crippen LogP contribution in [-0.4, -0.2) is 39.5 Å². The van der Waals surface area contributed by atoms with Gasteiger partial charge in [-0.1, -0.05) is 15.9 Å². The third-order valence-corrected chi connectivity index (χ3v) is 6.65. The molecule has 20 heavy (non-hydrogen) atoms. The molecule has 1 unspecified atom stereocenters. The van der Waals surface area contributed by atoms with Gasteiger partial charge in [-0.25, -0.2) is 12.7 Å². The Morgan fingerprint density at radius 3 is 2.75 bits per heavy atom. The molecule has 0 aromatic heterocycles. The van der Waals surface area contributed by atoms with Crippen molar-refractivity contribution in [1.29, 1.82) is 0 Å². The second-order valence-electron chi connectivity index (χ2n) is 4.94. The van der Waals surface area contributed by atoms with Crippen LogP contribution in [0.3, 0.4) is 0 Å².